The number of aromatic nitrogens is 2. The highest BCUT2D eigenvalue weighted by molar-refractivity contribution is 5.33. The second kappa shape index (κ2) is 7.63. The first kappa shape index (κ1) is 14.5. The van der Waals surface area contributed by atoms with Crippen LogP contribution in [0.3, 0.4) is 0 Å². The van der Waals surface area contributed by atoms with Crippen LogP contribution in [0.25, 0.3) is 0 Å². The van der Waals surface area contributed by atoms with Gasteiger partial charge in [0.05, 0.1) is 0 Å². The molecule has 0 fully saturated rings. The minimum Gasteiger partial charge on any atom is -0.350 e. The third-order valence-corrected chi connectivity index (χ3v) is 3.16. The van der Waals surface area contributed by atoms with E-state index in [1.165, 1.54) is 29.5 Å². The Balaban J connectivity index is 2.09. The van der Waals surface area contributed by atoms with Crippen LogP contribution >= 0.6 is 0 Å². The lowest BCUT2D eigenvalue weighted by molar-refractivity contribution is 0.888. The van der Waals surface area contributed by atoms with Gasteiger partial charge in [0, 0.05) is 25.0 Å². The Hall–Kier alpha value is -1.90. The lowest BCUT2D eigenvalue weighted by Gasteiger charge is -2.10. The molecule has 0 saturated heterocycles. The Morgan fingerprint density at radius 1 is 0.900 bits per heavy atom. The minimum absolute atomic E-state index is 0.654. The van der Waals surface area contributed by atoms with E-state index in [0.29, 0.717) is 5.95 Å². The summed E-state index contributed by atoms with van der Waals surface area (Å²) < 4.78 is 0. The van der Waals surface area contributed by atoms with Crippen molar-refractivity contribution in [3.05, 3.63) is 53.3 Å². The fourth-order valence-electron chi connectivity index (χ4n) is 2.34. The first-order chi connectivity index (χ1) is 9.81. The molecule has 0 amide bonds. The molecule has 3 nitrogen and oxygen atoms in total. The van der Waals surface area contributed by atoms with E-state index in [9.17, 15) is 0 Å². The number of benzene rings is 1. The van der Waals surface area contributed by atoms with Gasteiger partial charge in [-0.25, -0.2) is 9.97 Å². The van der Waals surface area contributed by atoms with Crippen molar-refractivity contribution in [2.75, 3.05) is 5.32 Å². The normalized spacial score (nSPS) is 10.5. The first-order valence-corrected chi connectivity index (χ1v) is 7.35. The van der Waals surface area contributed by atoms with Crippen LogP contribution < -0.4 is 5.32 Å². The van der Waals surface area contributed by atoms with Crippen LogP contribution in [0.15, 0.2) is 30.6 Å². The van der Waals surface area contributed by atoms with Crippen molar-refractivity contribution in [2.45, 2.75) is 46.1 Å². The number of hydrogen-bond acceptors (Lipinski definition) is 3. The molecule has 1 aromatic carbocycles. The number of hydrogen-bond donors (Lipinski definition) is 1. The molecule has 2 rings (SSSR count). The molecule has 0 saturated carbocycles. The Morgan fingerprint density at radius 3 is 2.00 bits per heavy atom. The summed E-state index contributed by atoms with van der Waals surface area (Å²) in [7, 11) is 0. The van der Waals surface area contributed by atoms with Crippen molar-refractivity contribution in [2.24, 2.45) is 0 Å². The molecule has 1 aromatic heterocycles. The SMILES string of the molecule is CCCc1cc(CCC)cc(CNc2nc[c]cn2)c1. The molecule has 1 N–H and O–H groups in total. The van der Waals surface area contributed by atoms with Crippen LogP contribution in [0, 0.1) is 6.07 Å². The maximum Gasteiger partial charge on any atom is 0.222 e. The molecular formula is C17H22N3. The van der Waals surface area contributed by atoms with Gasteiger partial charge in [-0.1, -0.05) is 44.9 Å². The number of rotatable bonds is 7. The van der Waals surface area contributed by atoms with Gasteiger partial charge in [-0.05, 0) is 29.5 Å². The molecule has 20 heavy (non-hydrogen) atoms. The molecule has 1 heterocycles. The van der Waals surface area contributed by atoms with Gasteiger partial charge in [-0.3, -0.25) is 0 Å². The van der Waals surface area contributed by atoms with E-state index in [0.717, 1.165) is 19.4 Å². The molecule has 0 spiro atoms. The molecule has 0 aliphatic carbocycles. The summed E-state index contributed by atoms with van der Waals surface area (Å²) in [5.41, 5.74) is 4.16. The van der Waals surface area contributed by atoms with E-state index in [1.807, 2.05) is 0 Å². The Kier molecular flexibility index (Phi) is 5.54. The van der Waals surface area contributed by atoms with Gasteiger partial charge in [0.1, 0.15) is 0 Å². The maximum atomic E-state index is 4.13. The number of aryl methyl sites for hydroxylation is 2. The smallest absolute Gasteiger partial charge is 0.222 e. The monoisotopic (exact) mass is 268 g/mol. The summed E-state index contributed by atoms with van der Waals surface area (Å²) in [5.74, 6) is 0.654. The second-order valence-electron chi connectivity index (χ2n) is 5.02. The van der Waals surface area contributed by atoms with Gasteiger partial charge in [-0.15, -0.1) is 0 Å². The highest BCUT2D eigenvalue weighted by atomic mass is 15.1. The van der Waals surface area contributed by atoms with Gasteiger partial charge in [0.2, 0.25) is 5.95 Å². The Morgan fingerprint density at radius 2 is 1.45 bits per heavy atom. The van der Waals surface area contributed by atoms with Crippen molar-refractivity contribution < 1.29 is 0 Å². The van der Waals surface area contributed by atoms with Crippen molar-refractivity contribution in [3.8, 4) is 0 Å². The van der Waals surface area contributed by atoms with Crippen molar-refractivity contribution >= 4 is 5.95 Å². The standard InChI is InChI=1S/C17H22N3/c1-3-6-14-10-15(7-4-2)12-16(11-14)13-20-17-18-8-5-9-19-17/h8-12H,3-4,6-7,13H2,1-2H3,(H,18,19,20). The largest absolute Gasteiger partial charge is 0.350 e. The summed E-state index contributed by atoms with van der Waals surface area (Å²) in [4.78, 5) is 8.27. The molecule has 0 aliphatic heterocycles. The molecule has 2 aromatic rings. The number of nitrogens with zero attached hydrogens (tertiary/aromatic N) is 2. The van der Waals surface area contributed by atoms with Gasteiger partial charge in [0.25, 0.3) is 0 Å². The zero-order chi connectivity index (χ0) is 14.2. The summed E-state index contributed by atoms with van der Waals surface area (Å²) >= 11 is 0. The molecule has 0 aliphatic rings. The fraction of sp³-hybridized carbons (Fsp3) is 0.412. The fourth-order valence-corrected chi connectivity index (χ4v) is 2.34. The van der Waals surface area contributed by atoms with Crippen LogP contribution in [0.4, 0.5) is 5.95 Å². The highest BCUT2D eigenvalue weighted by Gasteiger charge is 2.02. The predicted octanol–water partition coefficient (Wildman–Crippen LogP) is 3.79. The molecule has 0 unspecified atom stereocenters. The number of nitrogens with one attached hydrogen (secondary N) is 1. The summed E-state index contributed by atoms with van der Waals surface area (Å²) in [6.07, 6.45) is 7.90. The Bertz CT molecular complexity index is 499. The van der Waals surface area contributed by atoms with Crippen LogP contribution in [0.1, 0.15) is 43.4 Å². The maximum absolute atomic E-state index is 4.13. The van der Waals surface area contributed by atoms with Crippen molar-refractivity contribution in [1.29, 1.82) is 0 Å². The lowest BCUT2D eigenvalue weighted by atomic mass is 10.00. The molecular weight excluding hydrogens is 246 g/mol. The van der Waals surface area contributed by atoms with E-state index in [-0.39, 0.29) is 0 Å². The molecule has 3 heteroatoms. The average Bonchev–Trinajstić information content (AvgIpc) is 2.47. The summed E-state index contributed by atoms with van der Waals surface area (Å²) in [6.45, 7) is 5.20. The third kappa shape index (κ3) is 4.34. The zero-order valence-electron chi connectivity index (χ0n) is 12.3. The van der Waals surface area contributed by atoms with Gasteiger partial charge in [-0.2, -0.15) is 0 Å². The molecule has 105 valence electrons. The zero-order valence-corrected chi connectivity index (χ0v) is 12.3. The van der Waals surface area contributed by atoms with E-state index in [1.54, 1.807) is 12.4 Å². The highest BCUT2D eigenvalue weighted by Crippen LogP contribution is 2.15. The van der Waals surface area contributed by atoms with Gasteiger partial charge >= 0.3 is 0 Å². The Labute approximate surface area is 121 Å². The van der Waals surface area contributed by atoms with Crippen LogP contribution in [-0.2, 0) is 19.4 Å². The first-order valence-electron chi connectivity index (χ1n) is 7.35. The summed E-state index contributed by atoms with van der Waals surface area (Å²) in [5, 5.41) is 3.26. The van der Waals surface area contributed by atoms with Gasteiger partial charge in [0.15, 0.2) is 0 Å². The van der Waals surface area contributed by atoms with Crippen molar-refractivity contribution in [3.63, 3.8) is 0 Å². The van der Waals surface area contributed by atoms with Crippen LogP contribution in [0.2, 0.25) is 0 Å². The minimum atomic E-state index is 0.654. The topological polar surface area (TPSA) is 37.8 Å². The van der Waals surface area contributed by atoms with Crippen LogP contribution in [-0.4, -0.2) is 9.97 Å². The predicted molar refractivity (Wildman–Crippen MR) is 82.6 cm³/mol. The average molecular weight is 268 g/mol. The van der Waals surface area contributed by atoms with Crippen LogP contribution in [0.5, 0.6) is 0 Å². The van der Waals surface area contributed by atoms with E-state index >= 15 is 0 Å². The van der Waals surface area contributed by atoms with Crippen molar-refractivity contribution in [1.82, 2.24) is 9.97 Å². The third-order valence-electron chi connectivity index (χ3n) is 3.16. The second-order valence-corrected chi connectivity index (χ2v) is 5.02. The number of anilines is 1. The molecule has 0 bridgehead atoms. The van der Waals surface area contributed by atoms with E-state index < -0.39 is 0 Å². The molecule has 1 radical (unpaired) electrons. The van der Waals surface area contributed by atoms with Gasteiger partial charge < -0.3 is 5.32 Å². The molecule has 0 atom stereocenters. The lowest BCUT2D eigenvalue weighted by Crippen LogP contribution is -2.04. The summed E-state index contributed by atoms with van der Waals surface area (Å²) in [6, 6.07) is 9.72. The quantitative estimate of drug-likeness (QED) is 0.830. The van der Waals surface area contributed by atoms with E-state index in [4.69, 9.17) is 0 Å². The van der Waals surface area contributed by atoms with E-state index in [2.05, 4.69) is 53.4 Å².